The number of nitrogens with one attached hydrogen (secondary N) is 2. The van der Waals surface area contributed by atoms with Gasteiger partial charge < -0.3 is 20.6 Å². The second-order valence-electron chi connectivity index (χ2n) is 6.28. The summed E-state index contributed by atoms with van der Waals surface area (Å²) in [6, 6.07) is 3.25. The van der Waals surface area contributed by atoms with Gasteiger partial charge in [-0.05, 0) is 32.9 Å². The van der Waals surface area contributed by atoms with Crippen molar-refractivity contribution in [3.8, 4) is 0 Å². The first kappa shape index (κ1) is 18.7. The highest BCUT2D eigenvalue weighted by atomic mass is 16.3. The zero-order valence-corrected chi connectivity index (χ0v) is 15.6. The fourth-order valence-corrected chi connectivity index (χ4v) is 2.71. The maximum Gasteiger partial charge on any atom is 0.319 e. The number of nitrogens with zero attached hydrogens (tertiary/aromatic N) is 4. The van der Waals surface area contributed by atoms with Crippen molar-refractivity contribution < 1.29 is 9.90 Å². The van der Waals surface area contributed by atoms with Gasteiger partial charge in [-0.3, -0.25) is 4.68 Å². The Morgan fingerprint density at radius 2 is 2.00 bits per heavy atom. The highest BCUT2D eigenvalue weighted by Gasteiger charge is 2.19. The van der Waals surface area contributed by atoms with Gasteiger partial charge in [-0.15, -0.1) is 0 Å². The van der Waals surface area contributed by atoms with E-state index in [1.54, 1.807) is 4.68 Å². The van der Waals surface area contributed by atoms with Gasteiger partial charge in [0.05, 0.1) is 17.5 Å². The summed E-state index contributed by atoms with van der Waals surface area (Å²) in [5.74, 6) is 0.676. The third kappa shape index (κ3) is 4.27. The first-order chi connectivity index (χ1) is 11.7. The molecule has 0 saturated carbocycles. The number of aliphatic hydroxyl groups excluding tert-OH is 1. The summed E-state index contributed by atoms with van der Waals surface area (Å²) in [7, 11) is 5.55. The summed E-state index contributed by atoms with van der Waals surface area (Å²) in [5, 5.41) is 20.1. The van der Waals surface area contributed by atoms with E-state index in [4.69, 9.17) is 0 Å². The Bertz CT molecular complexity index is 769. The molecule has 25 heavy (non-hydrogen) atoms. The molecule has 136 valence electrons. The quantitative estimate of drug-likeness (QED) is 0.765. The minimum Gasteiger partial charge on any atom is -0.386 e. The van der Waals surface area contributed by atoms with Crippen LogP contribution in [0.3, 0.4) is 0 Å². The molecule has 0 aromatic carbocycles. The fraction of sp³-hybridized carbons (Fsp3) is 0.471. The molecule has 0 aliphatic carbocycles. The lowest BCUT2D eigenvalue weighted by atomic mass is 10.1. The average Bonchev–Trinajstić information content (AvgIpc) is 2.79. The van der Waals surface area contributed by atoms with Crippen molar-refractivity contribution in [1.29, 1.82) is 0 Å². The Morgan fingerprint density at radius 3 is 2.56 bits per heavy atom. The Morgan fingerprint density at radius 1 is 1.32 bits per heavy atom. The predicted molar refractivity (Wildman–Crippen MR) is 98.0 cm³/mol. The van der Waals surface area contributed by atoms with E-state index >= 15 is 0 Å². The zero-order chi connectivity index (χ0) is 18.7. The van der Waals surface area contributed by atoms with Crippen LogP contribution in [0.2, 0.25) is 0 Å². The minimum atomic E-state index is -0.816. The van der Waals surface area contributed by atoms with Crippen LogP contribution in [0.25, 0.3) is 0 Å². The number of aryl methyl sites for hydroxylation is 3. The Balaban J connectivity index is 2.02. The van der Waals surface area contributed by atoms with Crippen LogP contribution in [0.5, 0.6) is 0 Å². The van der Waals surface area contributed by atoms with Crippen LogP contribution < -0.4 is 15.5 Å². The zero-order valence-electron chi connectivity index (χ0n) is 15.6. The molecule has 0 aliphatic heterocycles. The van der Waals surface area contributed by atoms with Crippen molar-refractivity contribution in [2.45, 2.75) is 26.9 Å². The van der Waals surface area contributed by atoms with Crippen LogP contribution in [0.4, 0.5) is 16.3 Å². The highest BCUT2D eigenvalue weighted by molar-refractivity contribution is 5.92. The van der Waals surface area contributed by atoms with E-state index in [1.165, 1.54) is 0 Å². The molecule has 0 aliphatic rings. The number of urea groups is 1. The number of carbonyl (C=O) groups excluding carboxylic acids is 1. The number of aliphatic hydroxyl groups is 1. The van der Waals surface area contributed by atoms with E-state index in [1.807, 2.05) is 58.9 Å². The average molecular weight is 346 g/mol. The molecule has 8 heteroatoms. The lowest BCUT2D eigenvalue weighted by molar-refractivity contribution is 0.173. The fourth-order valence-electron chi connectivity index (χ4n) is 2.71. The van der Waals surface area contributed by atoms with Gasteiger partial charge in [-0.2, -0.15) is 5.10 Å². The molecule has 2 rings (SSSR count). The monoisotopic (exact) mass is 346 g/mol. The van der Waals surface area contributed by atoms with Crippen molar-refractivity contribution in [2.24, 2.45) is 7.05 Å². The van der Waals surface area contributed by atoms with E-state index in [2.05, 4.69) is 20.7 Å². The van der Waals surface area contributed by atoms with Gasteiger partial charge in [0.25, 0.3) is 0 Å². The molecule has 0 fully saturated rings. The highest BCUT2D eigenvalue weighted by Crippen LogP contribution is 2.22. The summed E-state index contributed by atoms with van der Waals surface area (Å²) >= 11 is 0. The van der Waals surface area contributed by atoms with Gasteiger partial charge in [0.1, 0.15) is 0 Å². The summed E-state index contributed by atoms with van der Waals surface area (Å²) in [6.45, 7) is 5.72. The molecule has 1 atom stereocenters. The normalized spacial score (nSPS) is 12.0. The molecule has 0 spiro atoms. The SMILES string of the molecule is Cc1ccc(NC(=O)NCC(O)c2c(C)nn(C)c2C)c(N(C)C)n1. The van der Waals surface area contributed by atoms with E-state index in [0.29, 0.717) is 11.5 Å². The molecule has 0 saturated heterocycles. The molecule has 2 heterocycles. The number of hydrogen-bond donors (Lipinski definition) is 3. The van der Waals surface area contributed by atoms with E-state index in [0.717, 1.165) is 22.6 Å². The summed E-state index contributed by atoms with van der Waals surface area (Å²) in [6.07, 6.45) is -0.816. The molecule has 2 aromatic heterocycles. The minimum absolute atomic E-state index is 0.0930. The topological polar surface area (TPSA) is 95.3 Å². The number of hydrogen-bond acceptors (Lipinski definition) is 5. The smallest absolute Gasteiger partial charge is 0.319 e. The summed E-state index contributed by atoms with van der Waals surface area (Å²) < 4.78 is 1.72. The van der Waals surface area contributed by atoms with Gasteiger partial charge in [0.15, 0.2) is 5.82 Å². The largest absolute Gasteiger partial charge is 0.386 e. The number of aromatic nitrogens is 3. The van der Waals surface area contributed by atoms with E-state index in [9.17, 15) is 9.90 Å². The van der Waals surface area contributed by atoms with E-state index in [-0.39, 0.29) is 6.54 Å². The molecule has 8 nitrogen and oxygen atoms in total. The summed E-state index contributed by atoms with van der Waals surface area (Å²) in [5.41, 5.74) is 3.86. The number of amides is 2. The lowest BCUT2D eigenvalue weighted by Gasteiger charge is -2.18. The van der Waals surface area contributed by atoms with Crippen molar-refractivity contribution in [1.82, 2.24) is 20.1 Å². The molecule has 0 bridgehead atoms. The second kappa shape index (κ2) is 7.52. The van der Waals surface area contributed by atoms with Crippen LogP contribution >= 0.6 is 0 Å². The number of rotatable bonds is 5. The van der Waals surface area contributed by atoms with Gasteiger partial charge in [0.2, 0.25) is 0 Å². The van der Waals surface area contributed by atoms with Crippen molar-refractivity contribution in [3.63, 3.8) is 0 Å². The lowest BCUT2D eigenvalue weighted by Crippen LogP contribution is -2.33. The maximum absolute atomic E-state index is 12.2. The number of carbonyl (C=O) groups is 1. The third-order valence-electron chi connectivity index (χ3n) is 4.04. The molecule has 2 amide bonds. The second-order valence-corrected chi connectivity index (χ2v) is 6.28. The van der Waals surface area contributed by atoms with Crippen molar-refractivity contribution >= 4 is 17.5 Å². The van der Waals surface area contributed by atoms with Crippen LogP contribution in [0.1, 0.15) is 28.7 Å². The Kier molecular flexibility index (Phi) is 5.63. The summed E-state index contributed by atoms with van der Waals surface area (Å²) in [4.78, 5) is 18.4. The molecular weight excluding hydrogens is 320 g/mol. The number of anilines is 2. The van der Waals surface area contributed by atoms with Crippen molar-refractivity contribution in [3.05, 3.63) is 34.8 Å². The number of pyridine rings is 1. The van der Waals surface area contributed by atoms with Crippen LogP contribution in [0, 0.1) is 20.8 Å². The Hall–Kier alpha value is -2.61. The van der Waals surface area contributed by atoms with Crippen LogP contribution in [-0.2, 0) is 7.05 Å². The predicted octanol–water partition coefficient (Wildman–Crippen LogP) is 1.66. The first-order valence-corrected chi connectivity index (χ1v) is 8.08. The first-order valence-electron chi connectivity index (χ1n) is 8.08. The van der Waals surface area contributed by atoms with Gasteiger partial charge in [0, 0.05) is 44.6 Å². The van der Waals surface area contributed by atoms with Gasteiger partial charge in [-0.1, -0.05) is 0 Å². The van der Waals surface area contributed by atoms with E-state index < -0.39 is 12.1 Å². The van der Waals surface area contributed by atoms with Gasteiger partial charge in [-0.25, -0.2) is 9.78 Å². The molecular formula is C17H26N6O2. The third-order valence-corrected chi connectivity index (χ3v) is 4.04. The molecule has 2 aromatic rings. The van der Waals surface area contributed by atoms with Crippen LogP contribution in [0.15, 0.2) is 12.1 Å². The van der Waals surface area contributed by atoms with Crippen molar-refractivity contribution in [2.75, 3.05) is 30.9 Å². The van der Waals surface area contributed by atoms with Gasteiger partial charge >= 0.3 is 6.03 Å². The molecule has 1 unspecified atom stereocenters. The molecule has 3 N–H and O–H groups in total. The standard InChI is InChI=1S/C17H26N6O2/c1-10-7-8-13(16(19-10)22(4)5)20-17(25)18-9-14(24)15-11(2)21-23(6)12(15)3/h7-8,14,24H,9H2,1-6H3,(H2,18,20,25). The molecule has 0 radical (unpaired) electrons. The maximum atomic E-state index is 12.2. The van der Waals surface area contributed by atoms with Crippen LogP contribution in [-0.4, -0.2) is 46.5 Å². The Labute approximate surface area is 147 Å².